The Balaban J connectivity index is 0.00000137. The molecule has 0 aromatic carbocycles. The Bertz CT molecular complexity index is 341. The zero-order valence-corrected chi connectivity index (χ0v) is 12.4. The summed E-state index contributed by atoms with van der Waals surface area (Å²) in [6, 6.07) is 3.82. The minimum atomic E-state index is -0.000971. The maximum absolute atomic E-state index is 11.8. The highest BCUT2D eigenvalue weighted by Crippen LogP contribution is 2.25. The van der Waals surface area contributed by atoms with Gasteiger partial charge in [-0.05, 0) is 17.0 Å². The van der Waals surface area contributed by atoms with Gasteiger partial charge in [0.05, 0.1) is 0 Å². The number of pyridine rings is 1. The van der Waals surface area contributed by atoms with Crippen LogP contribution in [0.1, 0.15) is 47.1 Å². The number of nitrogens with one attached hydrogen (secondary N) is 1. The van der Waals surface area contributed by atoms with Crippen LogP contribution in [0, 0.1) is 11.3 Å². The lowest BCUT2D eigenvalue weighted by Gasteiger charge is -2.26. The standard InChI is InChI=1S/C13H20N2O.C2H6/c1-10(13(2,3)4)12(16)15-9-11-6-5-7-14-8-11;1-2/h5-8,10H,9H2,1-4H3,(H,15,16);1-2H3. The predicted molar refractivity (Wildman–Crippen MR) is 76.1 cm³/mol. The topological polar surface area (TPSA) is 42.0 Å². The summed E-state index contributed by atoms with van der Waals surface area (Å²) in [5.74, 6) is 0.0977. The van der Waals surface area contributed by atoms with Crippen LogP contribution in [0.25, 0.3) is 0 Å². The lowest BCUT2D eigenvalue weighted by molar-refractivity contribution is -0.127. The molecule has 3 nitrogen and oxygen atoms in total. The molecule has 0 radical (unpaired) electrons. The number of aromatic nitrogens is 1. The normalized spacial score (nSPS) is 12.1. The van der Waals surface area contributed by atoms with E-state index in [9.17, 15) is 4.79 Å². The van der Waals surface area contributed by atoms with E-state index in [2.05, 4.69) is 31.1 Å². The van der Waals surface area contributed by atoms with E-state index in [0.717, 1.165) is 5.56 Å². The van der Waals surface area contributed by atoms with Crippen LogP contribution in [0.3, 0.4) is 0 Å². The first-order chi connectivity index (χ1) is 8.41. The summed E-state index contributed by atoms with van der Waals surface area (Å²) in [6.45, 7) is 12.7. The van der Waals surface area contributed by atoms with E-state index < -0.39 is 0 Å². The van der Waals surface area contributed by atoms with Crippen LogP contribution in [0.15, 0.2) is 24.5 Å². The Morgan fingerprint density at radius 2 is 2.00 bits per heavy atom. The van der Waals surface area contributed by atoms with Gasteiger partial charge in [0.15, 0.2) is 0 Å². The van der Waals surface area contributed by atoms with Crippen LogP contribution < -0.4 is 5.32 Å². The predicted octanol–water partition coefficient (Wildman–Crippen LogP) is 3.41. The fourth-order valence-electron chi connectivity index (χ4n) is 1.24. The van der Waals surface area contributed by atoms with Gasteiger partial charge in [0.2, 0.25) is 5.91 Å². The number of hydrogen-bond acceptors (Lipinski definition) is 2. The first kappa shape index (κ1) is 16.6. The fraction of sp³-hybridized carbons (Fsp3) is 0.600. The minimum Gasteiger partial charge on any atom is -0.352 e. The maximum Gasteiger partial charge on any atom is 0.223 e. The monoisotopic (exact) mass is 250 g/mol. The number of amides is 1. The second-order valence-corrected chi connectivity index (χ2v) is 5.17. The summed E-state index contributed by atoms with van der Waals surface area (Å²) in [7, 11) is 0. The molecule has 0 aliphatic heterocycles. The first-order valence-electron chi connectivity index (χ1n) is 6.58. The molecule has 1 heterocycles. The molecule has 1 aromatic rings. The minimum absolute atomic E-state index is 0.000971. The van der Waals surface area contributed by atoms with Crippen molar-refractivity contribution in [3.63, 3.8) is 0 Å². The maximum atomic E-state index is 11.8. The van der Waals surface area contributed by atoms with Crippen LogP contribution in [0.4, 0.5) is 0 Å². The van der Waals surface area contributed by atoms with Gasteiger partial charge in [0.25, 0.3) is 0 Å². The average Bonchev–Trinajstić information content (AvgIpc) is 2.37. The highest BCUT2D eigenvalue weighted by Gasteiger charge is 2.26. The second kappa shape index (κ2) is 7.85. The zero-order valence-electron chi connectivity index (χ0n) is 12.4. The lowest BCUT2D eigenvalue weighted by Crippen LogP contribution is -2.35. The molecule has 0 bridgehead atoms. The highest BCUT2D eigenvalue weighted by molar-refractivity contribution is 5.78. The van der Waals surface area contributed by atoms with Gasteiger partial charge in [0, 0.05) is 24.9 Å². The summed E-state index contributed by atoms with van der Waals surface area (Å²) < 4.78 is 0. The molecule has 0 saturated heterocycles. The molecular formula is C15H26N2O. The zero-order chi connectivity index (χ0) is 14.2. The van der Waals surface area contributed by atoms with E-state index in [0.29, 0.717) is 6.54 Å². The second-order valence-electron chi connectivity index (χ2n) is 5.17. The molecule has 1 atom stereocenters. The van der Waals surface area contributed by atoms with Crippen LogP contribution in [-0.4, -0.2) is 10.9 Å². The van der Waals surface area contributed by atoms with Crippen molar-refractivity contribution in [1.29, 1.82) is 0 Å². The molecule has 1 N–H and O–H groups in total. The third-order valence-electron chi connectivity index (χ3n) is 2.88. The first-order valence-corrected chi connectivity index (χ1v) is 6.58. The van der Waals surface area contributed by atoms with E-state index in [1.807, 2.05) is 32.9 Å². The molecule has 0 aliphatic carbocycles. The van der Waals surface area contributed by atoms with Crippen molar-refractivity contribution in [2.24, 2.45) is 11.3 Å². The Hall–Kier alpha value is -1.38. The third-order valence-corrected chi connectivity index (χ3v) is 2.88. The van der Waals surface area contributed by atoms with E-state index in [4.69, 9.17) is 0 Å². The van der Waals surface area contributed by atoms with Crippen LogP contribution >= 0.6 is 0 Å². The number of carbonyl (C=O) groups excluding carboxylic acids is 1. The van der Waals surface area contributed by atoms with Gasteiger partial charge in [-0.3, -0.25) is 9.78 Å². The molecule has 0 saturated carbocycles. The van der Waals surface area contributed by atoms with Gasteiger partial charge >= 0.3 is 0 Å². The molecule has 0 fully saturated rings. The lowest BCUT2D eigenvalue weighted by atomic mass is 9.81. The molecule has 102 valence electrons. The van der Waals surface area contributed by atoms with Crippen molar-refractivity contribution in [3.8, 4) is 0 Å². The van der Waals surface area contributed by atoms with Crippen molar-refractivity contribution in [2.45, 2.75) is 48.1 Å². The smallest absolute Gasteiger partial charge is 0.223 e. The number of carbonyl (C=O) groups is 1. The molecule has 1 rings (SSSR count). The average molecular weight is 250 g/mol. The van der Waals surface area contributed by atoms with Crippen LogP contribution in [-0.2, 0) is 11.3 Å². The van der Waals surface area contributed by atoms with Gasteiger partial charge in [-0.25, -0.2) is 0 Å². The van der Waals surface area contributed by atoms with Crippen molar-refractivity contribution in [1.82, 2.24) is 10.3 Å². The number of hydrogen-bond donors (Lipinski definition) is 1. The van der Waals surface area contributed by atoms with Gasteiger partial charge in [0.1, 0.15) is 0 Å². The fourth-order valence-corrected chi connectivity index (χ4v) is 1.24. The van der Waals surface area contributed by atoms with Crippen LogP contribution in [0.2, 0.25) is 0 Å². The number of rotatable bonds is 3. The van der Waals surface area contributed by atoms with Gasteiger partial charge in [-0.15, -0.1) is 0 Å². The molecule has 1 amide bonds. The summed E-state index contributed by atoms with van der Waals surface area (Å²) >= 11 is 0. The summed E-state index contributed by atoms with van der Waals surface area (Å²) in [5.41, 5.74) is 1.02. The Labute approximate surface area is 111 Å². The van der Waals surface area contributed by atoms with E-state index in [1.165, 1.54) is 0 Å². The van der Waals surface area contributed by atoms with Gasteiger partial charge < -0.3 is 5.32 Å². The highest BCUT2D eigenvalue weighted by atomic mass is 16.1. The molecule has 0 aliphatic rings. The number of nitrogens with zero attached hydrogens (tertiary/aromatic N) is 1. The van der Waals surface area contributed by atoms with E-state index >= 15 is 0 Å². The van der Waals surface area contributed by atoms with Crippen LogP contribution in [0.5, 0.6) is 0 Å². The summed E-state index contributed by atoms with van der Waals surface area (Å²) in [4.78, 5) is 15.8. The van der Waals surface area contributed by atoms with Crippen molar-refractivity contribution in [2.75, 3.05) is 0 Å². The Morgan fingerprint density at radius 3 is 2.44 bits per heavy atom. The SMILES string of the molecule is CC.CC(C(=O)NCc1cccnc1)C(C)(C)C. The molecule has 1 unspecified atom stereocenters. The quantitative estimate of drug-likeness (QED) is 0.893. The van der Waals surface area contributed by atoms with Gasteiger partial charge in [-0.2, -0.15) is 0 Å². The summed E-state index contributed by atoms with van der Waals surface area (Å²) in [5, 5.41) is 2.93. The van der Waals surface area contributed by atoms with Crippen molar-refractivity contribution >= 4 is 5.91 Å². The molecular weight excluding hydrogens is 224 g/mol. The summed E-state index contributed by atoms with van der Waals surface area (Å²) in [6.07, 6.45) is 3.49. The van der Waals surface area contributed by atoms with E-state index in [-0.39, 0.29) is 17.2 Å². The third kappa shape index (κ3) is 5.80. The Morgan fingerprint density at radius 1 is 1.39 bits per heavy atom. The molecule has 3 heteroatoms. The Kier molecular flexibility index (Phi) is 7.25. The molecule has 0 spiro atoms. The largest absolute Gasteiger partial charge is 0.352 e. The molecule has 18 heavy (non-hydrogen) atoms. The molecule has 1 aromatic heterocycles. The van der Waals surface area contributed by atoms with Gasteiger partial charge in [-0.1, -0.05) is 47.6 Å². The van der Waals surface area contributed by atoms with Crippen molar-refractivity contribution < 1.29 is 4.79 Å². The van der Waals surface area contributed by atoms with E-state index in [1.54, 1.807) is 12.4 Å². The van der Waals surface area contributed by atoms with Crippen molar-refractivity contribution in [3.05, 3.63) is 30.1 Å².